The molecule has 1 rings (SSSR count). The molecule has 0 aromatic carbocycles. The van der Waals surface area contributed by atoms with E-state index in [1.165, 1.54) is 17.4 Å². The van der Waals surface area contributed by atoms with Crippen molar-refractivity contribution in [2.45, 2.75) is 20.3 Å². The van der Waals surface area contributed by atoms with Crippen LogP contribution in [0.1, 0.15) is 16.7 Å². The van der Waals surface area contributed by atoms with E-state index >= 15 is 0 Å². The first-order chi connectivity index (χ1) is 5.15. The summed E-state index contributed by atoms with van der Waals surface area (Å²) in [5.41, 5.74) is -0.266. The quantitative estimate of drug-likeness (QED) is 0.696. The predicted molar refractivity (Wildman–Crippen MR) is 46.4 cm³/mol. The van der Waals surface area contributed by atoms with Crippen LogP contribution in [0, 0.1) is 6.92 Å². The fourth-order valence-electron chi connectivity index (χ4n) is 0.837. The Morgan fingerprint density at radius 2 is 2.27 bits per heavy atom. The van der Waals surface area contributed by atoms with Crippen molar-refractivity contribution in [3.8, 4) is 5.75 Å². The van der Waals surface area contributed by atoms with E-state index in [2.05, 4.69) is 0 Å². The van der Waals surface area contributed by atoms with Gasteiger partial charge in [0, 0.05) is 15.8 Å². The maximum atomic E-state index is 11.0. The summed E-state index contributed by atoms with van der Waals surface area (Å²) < 4.78 is 0. The number of aromatic hydroxyl groups is 1. The van der Waals surface area contributed by atoms with Crippen LogP contribution in [0.2, 0.25) is 0 Å². The molecule has 2 nitrogen and oxygen atoms in total. The molecular weight excluding hydrogens is 160 g/mol. The van der Waals surface area contributed by atoms with Gasteiger partial charge in [-0.2, -0.15) is 0 Å². The molecule has 1 heterocycles. The maximum Gasteiger partial charge on any atom is 0.222 e. The Kier molecular flexibility index (Phi) is 2.29. The highest BCUT2D eigenvalue weighted by Gasteiger charge is 2.02. The SMILES string of the molecule is CCc1cc(=O)c(O)c(C)s1. The number of hydrogen-bond donors (Lipinski definition) is 1. The lowest BCUT2D eigenvalue weighted by Gasteiger charge is -1.98. The summed E-state index contributed by atoms with van der Waals surface area (Å²) in [4.78, 5) is 12.7. The van der Waals surface area contributed by atoms with E-state index in [4.69, 9.17) is 5.11 Å². The molecule has 1 aromatic heterocycles. The van der Waals surface area contributed by atoms with Gasteiger partial charge in [-0.25, -0.2) is 0 Å². The molecule has 0 spiro atoms. The summed E-state index contributed by atoms with van der Waals surface area (Å²) in [5.74, 6) is -0.104. The zero-order valence-electron chi connectivity index (χ0n) is 6.55. The lowest BCUT2D eigenvalue weighted by molar-refractivity contribution is 0.468. The number of aryl methyl sites for hydroxylation is 2. The van der Waals surface area contributed by atoms with E-state index < -0.39 is 0 Å². The van der Waals surface area contributed by atoms with Crippen molar-refractivity contribution in [3.05, 3.63) is 26.0 Å². The van der Waals surface area contributed by atoms with Gasteiger partial charge in [-0.15, -0.1) is 11.3 Å². The summed E-state index contributed by atoms with van der Waals surface area (Å²) in [7, 11) is 0. The Morgan fingerprint density at radius 3 is 2.73 bits per heavy atom. The van der Waals surface area contributed by atoms with Gasteiger partial charge in [0.1, 0.15) is 0 Å². The summed E-state index contributed by atoms with van der Waals surface area (Å²) in [6, 6.07) is 1.49. The first-order valence-corrected chi connectivity index (χ1v) is 4.29. The second-order valence-corrected chi connectivity index (χ2v) is 3.68. The van der Waals surface area contributed by atoms with Crippen LogP contribution in [-0.2, 0) is 6.42 Å². The normalized spacial score (nSPS) is 10.0. The minimum Gasteiger partial charge on any atom is -0.503 e. The smallest absolute Gasteiger partial charge is 0.222 e. The minimum absolute atomic E-state index is 0.104. The van der Waals surface area contributed by atoms with Crippen molar-refractivity contribution in [1.29, 1.82) is 0 Å². The molecule has 0 bridgehead atoms. The molecule has 11 heavy (non-hydrogen) atoms. The maximum absolute atomic E-state index is 11.0. The van der Waals surface area contributed by atoms with Crippen LogP contribution in [0.15, 0.2) is 10.9 Å². The molecule has 0 saturated carbocycles. The van der Waals surface area contributed by atoms with Gasteiger partial charge in [0.15, 0.2) is 5.75 Å². The average Bonchev–Trinajstić information content (AvgIpc) is 1.99. The number of rotatable bonds is 1. The third-order valence-corrected chi connectivity index (χ3v) is 2.66. The molecule has 0 unspecified atom stereocenters. The van der Waals surface area contributed by atoms with Crippen LogP contribution in [0.5, 0.6) is 5.75 Å². The van der Waals surface area contributed by atoms with Crippen molar-refractivity contribution in [2.75, 3.05) is 0 Å². The molecule has 60 valence electrons. The first-order valence-electron chi connectivity index (χ1n) is 3.47. The van der Waals surface area contributed by atoms with Crippen molar-refractivity contribution in [3.63, 3.8) is 0 Å². The molecule has 0 atom stereocenters. The molecule has 1 N–H and O–H groups in total. The summed E-state index contributed by atoms with van der Waals surface area (Å²) in [6.45, 7) is 3.74. The zero-order valence-corrected chi connectivity index (χ0v) is 7.36. The molecule has 0 fully saturated rings. The largest absolute Gasteiger partial charge is 0.503 e. The van der Waals surface area contributed by atoms with E-state index in [-0.39, 0.29) is 11.2 Å². The van der Waals surface area contributed by atoms with Crippen LogP contribution in [0.4, 0.5) is 0 Å². The topological polar surface area (TPSA) is 37.3 Å². The van der Waals surface area contributed by atoms with Crippen LogP contribution in [0.3, 0.4) is 0 Å². The number of hydrogen-bond acceptors (Lipinski definition) is 3. The van der Waals surface area contributed by atoms with Gasteiger partial charge in [-0.1, -0.05) is 6.92 Å². The van der Waals surface area contributed by atoms with E-state index in [1.54, 1.807) is 6.92 Å². The molecule has 0 aliphatic carbocycles. The van der Waals surface area contributed by atoms with Gasteiger partial charge >= 0.3 is 0 Å². The molecule has 0 aliphatic rings. The fraction of sp³-hybridized carbons (Fsp3) is 0.375. The lowest BCUT2D eigenvalue weighted by Crippen LogP contribution is -1.99. The Bertz CT molecular complexity index is 314. The van der Waals surface area contributed by atoms with Crippen LogP contribution < -0.4 is 5.43 Å². The third kappa shape index (κ3) is 1.60. The first kappa shape index (κ1) is 8.27. The van der Waals surface area contributed by atoms with E-state index in [1.807, 2.05) is 6.92 Å². The van der Waals surface area contributed by atoms with Gasteiger partial charge in [0.2, 0.25) is 5.43 Å². The Labute approximate surface area is 69.1 Å². The molecule has 0 aliphatic heterocycles. The monoisotopic (exact) mass is 170 g/mol. The van der Waals surface area contributed by atoms with Crippen molar-refractivity contribution in [2.24, 2.45) is 0 Å². The molecule has 1 aromatic rings. The van der Waals surface area contributed by atoms with Crippen LogP contribution in [0.25, 0.3) is 0 Å². The van der Waals surface area contributed by atoms with E-state index in [0.717, 1.165) is 11.3 Å². The van der Waals surface area contributed by atoms with Crippen LogP contribution >= 0.6 is 11.3 Å². The molecule has 0 saturated heterocycles. The van der Waals surface area contributed by atoms with Crippen molar-refractivity contribution < 1.29 is 5.11 Å². The van der Waals surface area contributed by atoms with E-state index in [0.29, 0.717) is 4.88 Å². The van der Waals surface area contributed by atoms with Crippen molar-refractivity contribution in [1.82, 2.24) is 0 Å². The van der Waals surface area contributed by atoms with Gasteiger partial charge in [-0.3, -0.25) is 4.79 Å². The molecule has 0 radical (unpaired) electrons. The highest BCUT2D eigenvalue weighted by atomic mass is 32.1. The van der Waals surface area contributed by atoms with Crippen LogP contribution in [-0.4, -0.2) is 5.11 Å². The fourth-order valence-corrected chi connectivity index (χ4v) is 1.74. The second kappa shape index (κ2) is 3.05. The predicted octanol–water partition coefficient (Wildman–Crippen LogP) is 1.68. The standard InChI is InChI=1S/C8H10O2S/c1-3-6-4-7(9)8(10)5(2)11-6/h4,10H,3H2,1-2H3. The summed E-state index contributed by atoms with van der Waals surface area (Å²) >= 11 is 1.47. The Morgan fingerprint density at radius 1 is 1.64 bits per heavy atom. The van der Waals surface area contributed by atoms with E-state index in [9.17, 15) is 4.79 Å². The second-order valence-electron chi connectivity index (χ2n) is 2.34. The summed E-state index contributed by atoms with van der Waals surface area (Å²) in [6.07, 6.45) is 0.848. The Balaban J connectivity index is 3.32. The minimum atomic E-state index is -0.266. The van der Waals surface area contributed by atoms with Gasteiger partial charge in [-0.05, 0) is 13.3 Å². The van der Waals surface area contributed by atoms with Gasteiger partial charge in [0.05, 0.1) is 0 Å². The summed E-state index contributed by atoms with van der Waals surface area (Å²) in [5, 5.41) is 9.12. The average molecular weight is 170 g/mol. The molecule has 0 amide bonds. The third-order valence-electron chi connectivity index (χ3n) is 1.49. The molecular formula is C8H10O2S. The Hall–Kier alpha value is -0.830. The van der Waals surface area contributed by atoms with Gasteiger partial charge in [0.25, 0.3) is 0 Å². The zero-order chi connectivity index (χ0) is 8.43. The molecule has 3 heteroatoms. The van der Waals surface area contributed by atoms with Crippen molar-refractivity contribution >= 4 is 11.3 Å². The van der Waals surface area contributed by atoms with Gasteiger partial charge < -0.3 is 5.11 Å². The lowest BCUT2D eigenvalue weighted by atomic mass is 10.3. The highest BCUT2D eigenvalue weighted by Crippen LogP contribution is 2.18. The highest BCUT2D eigenvalue weighted by molar-refractivity contribution is 7.11.